The highest BCUT2D eigenvalue weighted by Crippen LogP contribution is 2.27. The average molecular weight is 386 g/mol. The van der Waals surface area contributed by atoms with E-state index in [0.717, 1.165) is 0 Å². The minimum absolute atomic E-state index is 0.242. The second-order valence-corrected chi connectivity index (χ2v) is 6.63. The van der Waals surface area contributed by atoms with Gasteiger partial charge in [0.15, 0.2) is 0 Å². The van der Waals surface area contributed by atoms with E-state index in [0.29, 0.717) is 17.2 Å². The van der Waals surface area contributed by atoms with Gasteiger partial charge in [-0.25, -0.2) is 9.78 Å². The van der Waals surface area contributed by atoms with Crippen LogP contribution in [0.15, 0.2) is 18.3 Å². The van der Waals surface area contributed by atoms with Gasteiger partial charge in [0.25, 0.3) is 5.91 Å². The summed E-state index contributed by atoms with van der Waals surface area (Å²) in [6, 6.07) is 3.11. The maximum atomic E-state index is 12.0. The fraction of sp³-hybridized carbons (Fsp3) is 0.500. The Hall–Kier alpha value is -2.60. The van der Waals surface area contributed by atoms with Crippen LogP contribution in [0.2, 0.25) is 0 Å². The van der Waals surface area contributed by atoms with Crippen LogP contribution in [0.3, 0.4) is 0 Å². The first-order valence-corrected chi connectivity index (χ1v) is 8.11. The van der Waals surface area contributed by atoms with Crippen molar-refractivity contribution in [1.29, 1.82) is 0 Å². The van der Waals surface area contributed by atoms with E-state index in [9.17, 15) is 23.1 Å². The van der Waals surface area contributed by atoms with Crippen molar-refractivity contribution < 1.29 is 33.0 Å². The van der Waals surface area contributed by atoms with E-state index >= 15 is 0 Å². The number of halogens is 3. The van der Waals surface area contributed by atoms with E-state index in [4.69, 9.17) is 9.90 Å². The van der Waals surface area contributed by atoms with Gasteiger partial charge < -0.3 is 15.5 Å². The summed E-state index contributed by atoms with van der Waals surface area (Å²) in [5, 5.41) is 19.7. The van der Waals surface area contributed by atoms with Crippen molar-refractivity contribution in [2.45, 2.75) is 51.4 Å². The number of aliphatic hydroxyl groups is 1. The number of nitrogens with zero attached hydrogens (tertiary/aromatic N) is 1. The largest absolute Gasteiger partial charge is 0.490 e. The molecule has 1 amide bonds. The van der Waals surface area contributed by atoms with E-state index in [1.165, 1.54) is 19.0 Å². The van der Waals surface area contributed by atoms with Gasteiger partial charge >= 0.3 is 12.1 Å². The number of hydrogen-bond acceptors (Lipinski definition) is 4. The number of carbonyl (C=O) groups is 2. The van der Waals surface area contributed by atoms with Gasteiger partial charge in [0, 0.05) is 12.1 Å². The lowest BCUT2D eigenvalue weighted by Gasteiger charge is -2.26. The van der Waals surface area contributed by atoms with Gasteiger partial charge in [-0.1, -0.05) is 5.92 Å². The van der Waals surface area contributed by atoms with E-state index in [1.54, 1.807) is 32.9 Å². The highest BCUT2D eigenvalue weighted by molar-refractivity contribution is 5.94. The van der Waals surface area contributed by atoms with E-state index in [-0.39, 0.29) is 11.9 Å². The molecular weight excluding hydrogens is 365 g/mol. The predicted octanol–water partition coefficient (Wildman–Crippen LogP) is 2.37. The normalized spacial score (nSPS) is 14.8. The van der Waals surface area contributed by atoms with Gasteiger partial charge in [0.1, 0.15) is 5.69 Å². The second-order valence-electron chi connectivity index (χ2n) is 6.63. The van der Waals surface area contributed by atoms with Crippen LogP contribution in [-0.2, 0) is 4.79 Å². The molecule has 1 aromatic heterocycles. The standard InChI is InChI=1S/C16H20N2O2.C2HF3O2/c1-11(16(2,3)20)18-15(19)13-7-9-14(17-10-13)8-6-12-4-5-12;3-2(4,5)1(6)7/h7,9-12,20H,4-5H2,1-3H3,(H,18,19);(H,6,7)/t11-;/m1./s1. The number of aromatic nitrogens is 1. The Labute approximate surface area is 154 Å². The first kappa shape index (κ1) is 22.4. The molecule has 0 spiro atoms. The monoisotopic (exact) mass is 386 g/mol. The van der Waals surface area contributed by atoms with Crippen molar-refractivity contribution >= 4 is 11.9 Å². The van der Waals surface area contributed by atoms with Gasteiger partial charge in [-0.2, -0.15) is 13.2 Å². The molecule has 148 valence electrons. The first-order valence-electron chi connectivity index (χ1n) is 8.11. The van der Waals surface area contributed by atoms with E-state index in [1.807, 2.05) is 0 Å². The van der Waals surface area contributed by atoms with Gasteiger partial charge in [0.2, 0.25) is 0 Å². The third-order valence-corrected chi connectivity index (χ3v) is 3.66. The maximum Gasteiger partial charge on any atom is 0.490 e. The molecule has 0 aliphatic heterocycles. The Morgan fingerprint density at radius 1 is 1.30 bits per heavy atom. The molecule has 0 bridgehead atoms. The number of carboxylic acid groups (broad SMARTS) is 1. The molecule has 1 fully saturated rings. The van der Waals surface area contributed by atoms with Crippen LogP contribution in [0.4, 0.5) is 13.2 Å². The van der Waals surface area contributed by atoms with Gasteiger partial charge in [-0.3, -0.25) is 4.79 Å². The summed E-state index contributed by atoms with van der Waals surface area (Å²) < 4.78 is 31.7. The number of hydrogen-bond donors (Lipinski definition) is 3. The van der Waals surface area contributed by atoms with Crippen molar-refractivity contribution in [2.75, 3.05) is 0 Å². The second kappa shape index (κ2) is 8.86. The lowest BCUT2D eigenvalue weighted by molar-refractivity contribution is -0.192. The third-order valence-electron chi connectivity index (χ3n) is 3.66. The van der Waals surface area contributed by atoms with Crippen LogP contribution in [0.5, 0.6) is 0 Å². The van der Waals surface area contributed by atoms with Crippen molar-refractivity contribution in [3.05, 3.63) is 29.6 Å². The molecule has 6 nitrogen and oxygen atoms in total. The van der Waals surface area contributed by atoms with Crippen LogP contribution in [-0.4, -0.2) is 44.9 Å². The highest BCUT2D eigenvalue weighted by Gasteiger charge is 2.38. The molecule has 0 radical (unpaired) electrons. The minimum Gasteiger partial charge on any atom is -0.475 e. The van der Waals surface area contributed by atoms with E-state index in [2.05, 4.69) is 22.1 Å². The van der Waals surface area contributed by atoms with Crippen LogP contribution in [0.25, 0.3) is 0 Å². The summed E-state index contributed by atoms with van der Waals surface area (Å²) in [5.41, 5.74) is 0.195. The molecule has 0 unspecified atom stereocenters. The molecule has 0 aromatic carbocycles. The smallest absolute Gasteiger partial charge is 0.475 e. The number of carboxylic acids is 1. The summed E-state index contributed by atoms with van der Waals surface area (Å²) in [6.45, 7) is 5.08. The summed E-state index contributed by atoms with van der Waals surface area (Å²) in [7, 11) is 0. The lowest BCUT2D eigenvalue weighted by atomic mass is 10.0. The minimum atomic E-state index is -5.08. The zero-order valence-electron chi connectivity index (χ0n) is 15.1. The topological polar surface area (TPSA) is 99.5 Å². The zero-order chi connectivity index (χ0) is 20.8. The highest BCUT2D eigenvalue weighted by atomic mass is 19.4. The Kier molecular flexibility index (Phi) is 7.37. The first-order chi connectivity index (χ1) is 12.3. The summed E-state index contributed by atoms with van der Waals surface area (Å²) in [4.78, 5) is 25.1. The quantitative estimate of drug-likeness (QED) is 0.693. The maximum absolute atomic E-state index is 12.0. The van der Waals surface area contributed by atoms with Crippen LogP contribution >= 0.6 is 0 Å². The zero-order valence-corrected chi connectivity index (χ0v) is 15.1. The SMILES string of the molecule is C[C@@H](NC(=O)c1ccc(C#CC2CC2)nc1)C(C)(C)O.O=C(O)C(F)(F)F. The molecule has 1 aliphatic rings. The summed E-state index contributed by atoms with van der Waals surface area (Å²) >= 11 is 0. The lowest BCUT2D eigenvalue weighted by Crippen LogP contribution is -2.47. The molecule has 9 heteroatoms. The van der Waals surface area contributed by atoms with Crippen molar-refractivity contribution in [3.63, 3.8) is 0 Å². The molecule has 2 rings (SSSR count). The third kappa shape index (κ3) is 8.55. The number of pyridine rings is 1. The molecule has 1 atom stereocenters. The molecule has 1 heterocycles. The van der Waals surface area contributed by atoms with Crippen LogP contribution in [0.1, 0.15) is 49.7 Å². The van der Waals surface area contributed by atoms with Crippen molar-refractivity contribution in [2.24, 2.45) is 5.92 Å². The molecule has 1 aliphatic carbocycles. The van der Waals surface area contributed by atoms with Crippen LogP contribution < -0.4 is 5.32 Å². The van der Waals surface area contributed by atoms with E-state index < -0.39 is 17.7 Å². The van der Waals surface area contributed by atoms with Gasteiger partial charge in [-0.05, 0) is 51.7 Å². The number of amides is 1. The molecular formula is C18H21F3N2O4. The van der Waals surface area contributed by atoms with Gasteiger partial charge in [0.05, 0.1) is 17.2 Å². The number of alkyl halides is 3. The number of aliphatic carboxylic acids is 1. The number of nitrogens with one attached hydrogen (secondary N) is 1. The predicted molar refractivity (Wildman–Crippen MR) is 90.8 cm³/mol. The summed E-state index contributed by atoms with van der Waals surface area (Å²) in [5.74, 6) is 3.67. The average Bonchev–Trinajstić information content (AvgIpc) is 3.36. The van der Waals surface area contributed by atoms with Crippen molar-refractivity contribution in [3.8, 4) is 11.8 Å². The summed E-state index contributed by atoms with van der Waals surface area (Å²) in [6.07, 6.45) is -1.20. The molecule has 27 heavy (non-hydrogen) atoms. The Balaban J connectivity index is 0.000000445. The fourth-order valence-electron chi connectivity index (χ4n) is 1.46. The number of rotatable bonds is 3. The number of carbonyl (C=O) groups excluding carboxylic acids is 1. The van der Waals surface area contributed by atoms with Crippen molar-refractivity contribution in [1.82, 2.24) is 10.3 Å². The molecule has 1 saturated carbocycles. The fourth-order valence-corrected chi connectivity index (χ4v) is 1.46. The molecule has 1 aromatic rings. The molecule has 0 saturated heterocycles. The van der Waals surface area contributed by atoms with Crippen LogP contribution in [0, 0.1) is 17.8 Å². The Morgan fingerprint density at radius 3 is 2.22 bits per heavy atom. The van der Waals surface area contributed by atoms with Gasteiger partial charge in [-0.15, -0.1) is 0 Å². The Morgan fingerprint density at radius 2 is 1.85 bits per heavy atom. The molecule has 3 N–H and O–H groups in total. The Bertz CT molecular complexity index is 724.